The molecule has 0 saturated heterocycles. The zero-order valence-electron chi connectivity index (χ0n) is 17.9. The predicted octanol–water partition coefficient (Wildman–Crippen LogP) is 6.70. The summed E-state index contributed by atoms with van der Waals surface area (Å²) in [4.78, 5) is 20.5. The zero-order chi connectivity index (χ0) is 20.7. The quantitative estimate of drug-likeness (QED) is 0.215. The number of aryl methyl sites for hydroxylation is 1. The van der Waals surface area contributed by atoms with Crippen LogP contribution in [-0.4, -0.2) is 15.9 Å². The number of ether oxygens (including phenoxy) is 1. The molecule has 0 N–H and O–H groups in total. The highest BCUT2D eigenvalue weighted by atomic mass is 16.5. The fourth-order valence-corrected chi connectivity index (χ4v) is 3.11. The summed E-state index contributed by atoms with van der Waals surface area (Å²) in [5, 5.41) is 0. The maximum absolute atomic E-state index is 11.8. The van der Waals surface area contributed by atoms with E-state index in [0.717, 1.165) is 24.8 Å². The molecule has 0 spiro atoms. The van der Waals surface area contributed by atoms with Crippen LogP contribution in [0.4, 0.5) is 0 Å². The van der Waals surface area contributed by atoms with Crippen LogP contribution in [0.15, 0.2) is 48.8 Å². The largest absolute Gasteiger partial charge is 0.420 e. The van der Waals surface area contributed by atoms with Gasteiger partial charge < -0.3 is 4.74 Å². The lowest BCUT2D eigenvalue weighted by Gasteiger charge is -2.05. The van der Waals surface area contributed by atoms with Crippen LogP contribution in [-0.2, 0) is 11.2 Å². The van der Waals surface area contributed by atoms with Gasteiger partial charge in [0.1, 0.15) is 0 Å². The summed E-state index contributed by atoms with van der Waals surface area (Å²) in [6, 6.07) is 8.41. The van der Waals surface area contributed by atoms with Gasteiger partial charge in [-0.2, -0.15) is 0 Å². The molecule has 0 bridgehead atoms. The number of unbranched alkanes of at least 4 members (excludes halogenated alkanes) is 7. The van der Waals surface area contributed by atoms with Crippen molar-refractivity contribution in [3.63, 3.8) is 0 Å². The summed E-state index contributed by atoms with van der Waals surface area (Å²) >= 11 is 0. The third-order valence-electron chi connectivity index (χ3n) is 4.86. The fraction of sp³-hybridized carbons (Fsp3) is 0.480. The number of aromatic nitrogens is 2. The molecule has 0 amide bonds. The average Bonchev–Trinajstić information content (AvgIpc) is 2.74. The molecule has 2 rings (SSSR count). The van der Waals surface area contributed by atoms with Crippen molar-refractivity contribution in [2.75, 3.05) is 0 Å². The lowest BCUT2D eigenvalue weighted by molar-refractivity contribution is -0.129. The Bertz CT molecular complexity index is 736. The molecule has 29 heavy (non-hydrogen) atoms. The number of carbonyl (C=O) groups is 1. The zero-order valence-corrected chi connectivity index (χ0v) is 17.9. The van der Waals surface area contributed by atoms with Crippen LogP contribution in [0.3, 0.4) is 0 Å². The summed E-state index contributed by atoms with van der Waals surface area (Å²) in [5.74, 6) is 0.608. The van der Waals surface area contributed by atoms with Crippen LogP contribution in [0.2, 0.25) is 0 Å². The molecule has 0 radical (unpaired) electrons. The predicted molar refractivity (Wildman–Crippen MR) is 119 cm³/mol. The summed E-state index contributed by atoms with van der Waals surface area (Å²) in [5.41, 5.74) is 2.31. The lowest BCUT2D eigenvalue weighted by atomic mass is 10.0. The Morgan fingerprint density at radius 2 is 1.55 bits per heavy atom. The van der Waals surface area contributed by atoms with Gasteiger partial charge in [-0.1, -0.05) is 82.7 Å². The molecular formula is C25H34N2O2. The second kappa shape index (κ2) is 13.6. The van der Waals surface area contributed by atoms with E-state index >= 15 is 0 Å². The third-order valence-corrected chi connectivity index (χ3v) is 4.86. The molecule has 1 aromatic heterocycles. The molecule has 4 nitrogen and oxygen atoms in total. The van der Waals surface area contributed by atoms with E-state index < -0.39 is 0 Å². The summed E-state index contributed by atoms with van der Waals surface area (Å²) in [6.07, 6.45) is 18.4. The first-order valence-corrected chi connectivity index (χ1v) is 11.0. The fourth-order valence-electron chi connectivity index (χ4n) is 3.11. The second-order valence-corrected chi connectivity index (χ2v) is 7.42. The van der Waals surface area contributed by atoms with Gasteiger partial charge in [-0.25, -0.2) is 14.8 Å². The molecule has 0 atom stereocenters. The molecule has 0 aliphatic rings. The number of esters is 1. The maximum Gasteiger partial charge on any atom is 0.335 e. The van der Waals surface area contributed by atoms with Crippen LogP contribution >= 0.6 is 0 Å². The van der Waals surface area contributed by atoms with Gasteiger partial charge in [-0.3, -0.25) is 0 Å². The topological polar surface area (TPSA) is 52.1 Å². The van der Waals surface area contributed by atoms with Crippen LogP contribution in [0.25, 0.3) is 11.4 Å². The highest BCUT2D eigenvalue weighted by molar-refractivity contribution is 5.83. The van der Waals surface area contributed by atoms with E-state index in [0.29, 0.717) is 11.6 Å². The van der Waals surface area contributed by atoms with Crippen LogP contribution in [0, 0.1) is 0 Å². The number of benzene rings is 1. The van der Waals surface area contributed by atoms with E-state index in [1.54, 1.807) is 12.4 Å². The van der Waals surface area contributed by atoms with Gasteiger partial charge in [-0.15, -0.1) is 0 Å². The minimum atomic E-state index is -0.388. The number of nitrogens with zero attached hydrogens (tertiary/aromatic N) is 2. The van der Waals surface area contributed by atoms with E-state index in [9.17, 15) is 4.79 Å². The minimum Gasteiger partial charge on any atom is -0.420 e. The van der Waals surface area contributed by atoms with Gasteiger partial charge in [0.2, 0.25) is 0 Å². The summed E-state index contributed by atoms with van der Waals surface area (Å²) in [6.45, 7) is 4.40. The Balaban J connectivity index is 1.81. The molecule has 0 fully saturated rings. The number of carbonyl (C=O) groups excluding carboxylic acids is 1. The highest BCUT2D eigenvalue weighted by Crippen LogP contribution is 2.18. The van der Waals surface area contributed by atoms with Crippen molar-refractivity contribution < 1.29 is 9.53 Å². The second-order valence-electron chi connectivity index (χ2n) is 7.42. The Labute approximate surface area is 175 Å². The molecule has 4 heteroatoms. The highest BCUT2D eigenvalue weighted by Gasteiger charge is 2.05. The normalized spacial score (nSPS) is 11.1. The first-order valence-electron chi connectivity index (χ1n) is 11.0. The molecule has 156 valence electrons. The van der Waals surface area contributed by atoms with Gasteiger partial charge >= 0.3 is 5.97 Å². The Hall–Kier alpha value is -2.49. The maximum atomic E-state index is 11.8. The van der Waals surface area contributed by atoms with Gasteiger partial charge in [0.15, 0.2) is 11.6 Å². The number of hydrogen-bond acceptors (Lipinski definition) is 4. The molecule has 2 aromatic rings. The summed E-state index contributed by atoms with van der Waals surface area (Å²) < 4.78 is 5.25. The smallest absolute Gasteiger partial charge is 0.335 e. The van der Waals surface area contributed by atoms with Crippen molar-refractivity contribution in [1.82, 2.24) is 9.97 Å². The van der Waals surface area contributed by atoms with Crippen LogP contribution in [0.1, 0.15) is 77.2 Å². The van der Waals surface area contributed by atoms with E-state index in [-0.39, 0.29) is 5.97 Å². The van der Waals surface area contributed by atoms with Crippen molar-refractivity contribution in [1.29, 1.82) is 0 Å². The first-order chi connectivity index (χ1) is 14.2. The lowest BCUT2D eigenvalue weighted by Crippen LogP contribution is -2.04. The SMILES string of the molecule is CCCCC/C=C/C(=O)Oc1cnc(-c2ccc(CCCCCCC)cc2)nc1. The van der Waals surface area contributed by atoms with Crippen molar-refractivity contribution in [2.24, 2.45) is 0 Å². The van der Waals surface area contributed by atoms with Crippen molar-refractivity contribution in [3.8, 4) is 17.1 Å². The average molecular weight is 395 g/mol. The van der Waals surface area contributed by atoms with Gasteiger partial charge in [0.25, 0.3) is 0 Å². The molecule has 0 aliphatic heterocycles. The minimum absolute atomic E-state index is 0.362. The Morgan fingerprint density at radius 1 is 0.897 bits per heavy atom. The molecule has 1 heterocycles. The van der Waals surface area contributed by atoms with Crippen molar-refractivity contribution in [3.05, 3.63) is 54.4 Å². The van der Waals surface area contributed by atoms with E-state index in [2.05, 4.69) is 48.1 Å². The van der Waals surface area contributed by atoms with Crippen molar-refractivity contribution >= 4 is 5.97 Å². The van der Waals surface area contributed by atoms with Gasteiger partial charge in [-0.05, 0) is 31.2 Å². The van der Waals surface area contributed by atoms with Crippen LogP contribution in [0.5, 0.6) is 5.75 Å². The Morgan fingerprint density at radius 3 is 2.24 bits per heavy atom. The molecule has 0 saturated carbocycles. The van der Waals surface area contributed by atoms with E-state index in [1.165, 1.54) is 56.6 Å². The molecule has 0 aliphatic carbocycles. The third kappa shape index (κ3) is 9.03. The van der Waals surface area contributed by atoms with Crippen molar-refractivity contribution in [2.45, 2.75) is 78.1 Å². The summed E-state index contributed by atoms with van der Waals surface area (Å²) in [7, 11) is 0. The molecule has 1 aromatic carbocycles. The molecular weight excluding hydrogens is 360 g/mol. The first kappa shape index (κ1) is 22.8. The standard InChI is InChI=1S/C25H34N2O2/c1-3-5-7-9-11-13-21-15-17-22(18-16-21)25-26-19-23(20-27-25)29-24(28)14-12-10-8-6-4-2/h12,14-20H,3-11,13H2,1-2H3/b14-12+. The van der Waals surface area contributed by atoms with Gasteiger partial charge in [0.05, 0.1) is 12.4 Å². The van der Waals surface area contributed by atoms with E-state index in [4.69, 9.17) is 4.74 Å². The number of rotatable bonds is 13. The Kier molecular flexibility index (Phi) is 10.7. The molecule has 0 unspecified atom stereocenters. The van der Waals surface area contributed by atoms with Gasteiger partial charge in [0, 0.05) is 11.6 Å². The number of hydrogen-bond donors (Lipinski definition) is 0. The van der Waals surface area contributed by atoms with Crippen LogP contribution < -0.4 is 4.74 Å². The van der Waals surface area contributed by atoms with E-state index in [1.807, 2.05) is 6.08 Å². The monoisotopic (exact) mass is 394 g/mol. The number of allylic oxidation sites excluding steroid dienone is 1.